The molecular formula is C18H16N2O6. The predicted molar refractivity (Wildman–Crippen MR) is 93.1 cm³/mol. The van der Waals surface area contributed by atoms with Gasteiger partial charge in [0.2, 0.25) is 5.91 Å². The molecule has 2 aromatic rings. The van der Waals surface area contributed by atoms with Crippen molar-refractivity contribution in [2.45, 2.75) is 13.3 Å². The van der Waals surface area contributed by atoms with Gasteiger partial charge in [0.25, 0.3) is 5.69 Å². The van der Waals surface area contributed by atoms with Crippen LogP contribution in [0, 0.1) is 10.1 Å². The number of rotatable bonds is 7. The van der Waals surface area contributed by atoms with Crippen LogP contribution < -0.4 is 5.32 Å². The van der Waals surface area contributed by atoms with Crippen molar-refractivity contribution in [2.24, 2.45) is 0 Å². The molecule has 1 amide bonds. The SMILES string of the molecule is CCC(=O)Nc1ccccc1C(=O)OCC(=O)c1ccc([N+](=O)[O-])cc1. The number of ether oxygens (including phenoxy) is 1. The number of nitro benzene ring substituents is 1. The first-order valence-electron chi connectivity index (χ1n) is 7.76. The molecule has 134 valence electrons. The monoisotopic (exact) mass is 356 g/mol. The number of anilines is 1. The Labute approximate surface area is 148 Å². The summed E-state index contributed by atoms with van der Waals surface area (Å²) in [5.41, 5.74) is 0.480. The zero-order valence-corrected chi connectivity index (χ0v) is 13.9. The molecular weight excluding hydrogens is 340 g/mol. The molecule has 0 saturated carbocycles. The Morgan fingerprint density at radius 1 is 1.08 bits per heavy atom. The number of non-ortho nitro benzene ring substituents is 1. The number of Topliss-reactive ketones (excluding diaryl/α,β-unsaturated/α-hetero) is 1. The number of amides is 1. The molecule has 0 fully saturated rings. The summed E-state index contributed by atoms with van der Waals surface area (Å²) in [4.78, 5) is 45.8. The molecule has 0 aliphatic carbocycles. The van der Waals surface area contributed by atoms with Gasteiger partial charge in [0.05, 0.1) is 16.2 Å². The van der Waals surface area contributed by atoms with Crippen LogP contribution in [-0.4, -0.2) is 29.2 Å². The van der Waals surface area contributed by atoms with Crippen LogP contribution >= 0.6 is 0 Å². The largest absolute Gasteiger partial charge is 0.454 e. The van der Waals surface area contributed by atoms with E-state index in [-0.39, 0.29) is 29.1 Å². The molecule has 0 spiro atoms. The quantitative estimate of drug-likeness (QED) is 0.353. The number of esters is 1. The second-order valence-corrected chi connectivity index (χ2v) is 5.25. The Bertz CT molecular complexity index is 845. The third kappa shape index (κ3) is 4.73. The highest BCUT2D eigenvalue weighted by molar-refractivity contribution is 6.03. The van der Waals surface area contributed by atoms with E-state index >= 15 is 0 Å². The van der Waals surface area contributed by atoms with Crippen LogP contribution in [-0.2, 0) is 9.53 Å². The van der Waals surface area contributed by atoms with Gasteiger partial charge in [-0.3, -0.25) is 19.7 Å². The molecule has 0 aliphatic rings. The van der Waals surface area contributed by atoms with Crippen LogP contribution in [0.4, 0.5) is 11.4 Å². The van der Waals surface area contributed by atoms with Gasteiger partial charge in [0.15, 0.2) is 12.4 Å². The summed E-state index contributed by atoms with van der Waals surface area (Å²) in [5.74, 6) is -1.51. The molecule has 0 saturated heterocycles. The molecule has 0 atom stereocenters. The van der Waals surface area contributed by atoms with Gasteiger partial charge in [-0.15, -0.1) is 0 Å². The molecule has 8 heteroatoms. The highest BCUT2D eigenvalue weighted by Crippen LogP contribution is 2.17. The molecule has 0 aliphatic heterocycles. The Morgan fingerprint density at radius 2 is 1.73 bits per heavy atom. The number of carbonyl (C=O) groups is 3. The van der Waals surface area contributed by atoms with E-state index < -0.39 is 23.3 Å². The lowest BCUT2D eigenvalue weighted by Crippen LogP contribution is -2.17. The molecule has 0 bridgehead atoms. The van der Waals surface area contributed by atoms with Crippen molar-refractivity contribution in [1.29, 1.82) is 0 Å². The maximum atomic E-state index is 12.2. The molecule has 0 aromatic heterocycles. The summed E-state index contributed by atoms with van der Waals surface area (Å²) in [6, 6.07) is 11.3. The molecule has 0 heterocycles. The number of hydrogen-bond acceptors (Lipinski definition) is 6. The molecule has 0 unspecified atom stereocenters. The van der Waals surface area contributed by atoms with Gasteiger partial charge >= 0.3 is 5.97 Å². The van der Waals surface area contributed by atoms with Crippen LogP contribution in [0.3, 0.4) is 0 Å². The molecule has 1 N–H and O–H groups in total. The van der Waals surface area contributed by atoms with Gasteiger partial charge in [0.1, 0.15) is 0 Å². The average molecular weight is 356 g/mol. The number of nitrogens with zero attached hydrogens (tertiary/aromatic N) is 1. The van der Waals surface area contributed by atoms with Gasteiger partial charge in [-0.2, -0.15) is 0 Å². The number of benzene rings is 2. The highest BCUT2D eigenvalue weighted by atomic mass is 16.6. The number of hydrogen-bond donors (Lipinski definition) is 1. The first kappa shape index (κ1) is 18.8. The molecule has 8 nitrogen and oxygen atoms in total. The molecule has 2 rings (SSSR count). The van der Waals surface area contributed by atoms with E-state index in [4.69, 9.17) is 4.74 Å². The molecule has 2 aromatic carbocycles. The number of nitrogens with one attached hydrogen (secondary N) is 1. The first-order valence-corrected chi connectivity index (χ1v) is 7.76. The van der Waals surface area contributed by atoms with E-state index in [1.807, 2.05) is 0 Å². The van der Waals surface area contributed by atoms with Crippen molar-refractivity contribution in [3.05, 3.63) is 69.8 Å². The van der Waals surface area contributed by atoms with Crippen molar-refractivity contribution < 1.29 is 24.0 Å². The maximum Gasteiger partial charge on any atom is 0.340 e. The van der Waals surface area contributed by atoms with Crippen LogP contribution in [0.1, 0.15) is 34.1 Å². The van der Waals surface area contributed by atoms with E-state index in [1.54, 1.807) is 25.1 Å². The zero-order chi connectivity index (χ0) is 19.1. The Hall–Kier alpha value is -3.55. The Morgan fingerprint density at radius 3 is 2.35 bits per heavy atom. The summed E-state index contributed by atoms with van der Waals surface area (Å²) < 4.78 is 5.00. The lowest BCUT2D eigenvalue weighted by molar-refractivity contribution is -0.384. The van der Waals surface area contributed by atoms with Crippen molar-refractivity contribution in [3.63, 3.8) is 0 Å². The van der Waals surface area contributed by atoms with E-state index in [0.717, 1.165) is 0 Å². The summed E-state index contributed by atoms with van der Waals surface area (Å²) in [7, 11) is 0. The number of ketones is 1. The van der Waals surface area contributed by atoms with Crippen LogP contribution in [0.5, 0.6) is 0 Å². The van der Waals surface area contributed by atoms with Gasteiger partial charge in [-0.05, 0) is 24.3 Å². The third-order valence-corrected chi connectivity index (χ3v) is 3.48. The Kier molecular flexibility index (Phi) is 6.15. The zero-order valence-electron chi connectivity index (χ0n) is 13.9. The van der Waals surface area contributed by atoms with Crippen molar-refractivity contribution >= 4 is 29.0 Å². The fourth-order valence-corrected chi connectivity index (χ4v) is 2.07. The van der Waals surface area contributed by atoms with Gasteiger partial charge in [-0.25, -0.2) is 4.79 Å². The standard InChI is InChI=1S/C18H16N2O6/c1-2-17(22)19-15-6-4-3-5-14(15)18(23)26-11-16(21)12-7-9-13(10-8-12)20(24)25/h3-10H,2,11H2,1H3,(H,19,22). The van der Waals surface area contributed by atoms with E-state index in [2.05, 4.69) is 5.32 Å². The van der Waals surface area contributed by atoms with Gasteiger partial charge in [-0.1, -0.05) is 19.1 Å². The van der Waals surface area contributed by atoms with E-state index in [9.17, 15) is 24.5 Å². The number of nitro groups is 1. The fraction of sp³-hybridized carbons (Fsp3) is 0.167. The van der Waals surface area contributed by atoms with E-state index in [0.29, 0.717) is 5.69 Å². The fourth-order valence-electron chi connectivity index (χ4n) is 2.07. The molecule has 26 heavy (non-hydrogen) atoms. The lowest BCUT2D eigenvalue weighted by Gasteiger charge is -2.10. The lowest BCUT2D eigenvalue weighted by atomic mass is 10.1. The number of carbonyl (C=O) groups excluding carboxylic acids is 3. The van der Waals surface area contributed by atoms with Gasteiger partial charge < -0.3 is 10.1 Å². The second-order valence-electron chi connectivity index (χ2n) is 5.25. The summed E-state index contributed by atoms with van der Waals surface area (Å²) >= 11 is 0. The van der Waals surface area contributed by atoms with Crippen molar-refractivity contribution in [2.75, 3.05) is 11.9 Å². The predicted octanol–water partition coefficient (Wildman–Crippen LogP) is 2.98. The minimum Gasteiger partial charge on any atom is -0.454 e. The smallest absolute Gasteiger partial charge is 0.340 e. The Balaban J connectivity index is 2.03. The number of para-hydroxylation sites is 1. The summed E-state index contributed by atoms with van der Waals surface area (Å²) in [6.45, 7) is 1.16. The van der Waals surface area contributed by atoms with Crippen LogP contribution in [0.2, 0.25) is 0 Å². The van der Waals surface area contributed by atoms with Crippen LogP contribution in [0.15, 0.2) is 48.5 Å². The minimum absolute atomic E-state index is 0.130. The third-order valence-electron chi connectivity index (χ3n) is 3.48. The average Bonchev–Trinajstić information content (AvgIpc) is 2.66. The highest BCUT2D eigenvalue weighted by Gasteiger charge is 2.16. The molecule has 0 radical (unpaired) electrons. The topological polar surface area (TPSA) is 116 Å². The van der Waals surface area contributed by atoms with E-state index in [1.165, 1.54) is 30.3 Å². The van der Waals surface area contributed by atoms with Crippen molar-refractivity contribution in [3.8, 4) is 0 Å². The summed E-state index contributed by atoms with van der Waals surface area (Å²) in [5, 5.41) is 13.2. The second kappa shape index (κ2) is 8.52. The van der Waals surface area contributed by atoms with Crippen molar-refractivity contribution in [1.82, 2.24) is 0 Å². The van der Waals surface area contributed by atoms with Gasteiger partial charge in [0, 0.05) is 24.1 Å². The maximum absolute atomic E-state index is 12.2. The summed E-state index contributed by atoms with van der Waals surface area (Å²) in [6.07, 6.45) is 0.252. The van der Waals surface area contributed by atoms with Crippen LogP contribution in [0.25, 0.3) is 0 Å². The minimum atomic E-state index is -0.757. The first-order chi connectivity index (χ1) is 12.4. The normalized spacial score (nSPS) is 10.0.